The van der Waals surface area contributed by atoms with Crippen LogP contribution >= 0.6 is 0 Å². The third-order valence-electron chi connectivity index (χ3n) is 2.82. The smallest absolute Gasteiger partial charge is 0.336 e. The molecule has 98 valence electrons. The molecule has 0 saturated carbocycles. The van der Waals surface area contributed by atoms with Gasteiger partial charge in [-0.15, -0.1) is 0 Å². The van der Waals surface area contributed by atoms with Crippen LogP contribution in [0, 0.1) is 0 Å². The number of carboxylic acids is 1. The van der Waals surface area contributed by atoms with Crippen LogP contribution in [0.25, 0.3) is 0 Å². The maximum atomic E-state index is 11.9. The second-order valence-electron chi connectivity index (χ2n) is 4.10. The van der Waals surface area contributed by atoms with E-state index in [9.17, 15) is 14.4 Å². The van der Waals surface area contributed by atoms with Crippen LogP contribution in [0.2, 0.25) is 0 Å². The van der Waals surface area contributed by atoms with Crippen molar-refractivity contribution in [1.82, 2.24) is 9.13 Å². The standard InChI is InChI=1S/C13H12N2O4/c1-14-7-6-11(16)15(13(14)19)8-9-4-2-3-5-10(9)12(17)18/h2-7H,8H2,1H3,(H,17,18). The minimum atomic E-state index is -1.09. The highest BCUT2D eigenvalue weighted by Gasteiger charge is 2.11. The monoisotopic (exact) mass is 260 g/mol. The molecule has 1 aromatic carbocycles. The summed E-state index contributed by atoms with van der Waals surface area (Å²) in [6.07, 6.45) is 1.38. The van der Waals surface area contributed by atoms with Crippen molar-refractivity contribution in [2.24, 2.45) is 7.05 Å². The van der Waals surface area contributed by atoms with E-state index in [2.05, 4.69) is 0 Å². The number of aromatic nitrogens is 2. The molecule has 1 aromatic heterocycles. The predicted octanol–water partition coefficient (Wildman–Crippen LogP) is 0.294. The summed E-state index contributed by atoms with van der Waals surface area (Å²) in [4.78, 5) is 34.6. The molecule has 0 aliphatic rings. The van der Waals surface area contributed by atoms with Gasteiger partial charge >= 0.3 is 11.7 Å². The third-order valence-corrected chi connectivity index (χ3v) is 2.82. The van der Waals surface area contributed by atoms with Crippen molar-refractivity contribution in [2.45, 2.75) is 6.54 Å². The van der Waals surface area contributed by atoms with Crippen LogP contribution in [0.4, 0.5) is 0 Å². The summed E-state index contributed by atoms with van der Waals surface area (Å²) in [5.74, 6) is -1.09. The van der Waals surface area contributed by atoms with E-state index >= 15 is 0 Å². The van der Waals surface area contributed by atoms with Gasteiger partial charge in [0.2, 0.25) is 0 Å². The van der Waals surface area contributed by atoms with Crippen molar-refractivity contribution in [3.63, 3.8) is 0 Å². The van der Waals surface area contributed by atoms with Crippen LogP contribution in [-0.2, 0) is 13.6 Å². The Balaban J connectivity index is 2.54. The van der Waals surface area contributed by atoms with Crippen LogP contribution in [-0.4, -0.2) is 20.2 Å². The first kappa shape index (κ1) is 12.8. The van der Waals surface area contributed by atoms with Crippen LogP contribution in [0.15, 0.2) is 46.1 Å². The number of benzene rings is 1. The Labute approximate surface area is 108 Å². The van der Waals surface area contributed by atoms with Gasteiger partial charge in [0.1, 0.15) is 0 Å². The van der Waals surface area contributed by atoms with Crippen LogP contribution in [0.5, 0.6) is 0 Å². The molecule has 0 bridgehead atoms. The number of nitrogens with zero attached hydrogens (tertiary/aromatic N) is 2. The number of aryl methyl sites for hydroxylation is 1. The summed E-state index contributed by atoms with van der Waals surface area (Å²) in [7, 11) is 1.53. The van der Waals surface area contributed by atoms with Gasteiger partial charge in [0.05, 0.1) is 12.1 Å². The Morgan fingerprint density at radius 1 is 1.21 bits per heavy atom. The highest BCUT2D eigenvalue weighted by Crippen LogP contribution is 2.09. The summed E-state index contributed by atoms with van der Waals surface area (Å²) in [6, 6.07) is 7.56. The third kappa shape index (κ3) is 2.47. The van der Waals surface area contributed by atoms with Crippen LogP contribution < -0.4 is 11.2 Å². The molecular weight excluding hydrogens is 248 g/mol. The summed E-state index contributed by atoms with van der Waals surface area (Å²) in [6.45, 7) is -0.0607. The second kappa shape index (κ2) is 4.93. The lowest BCUT2D eigenvalue weighted by Crippen LogP contribution is -2.38. The van der Waals surface area contributed by atoms with Crippen molar-refractivity contribution in [3.8, 4) is 0 Å². The molecule has 0 radical (unpaired) electrons. The number of rotatable bonds is 3. The average molecular weight is 260 g/mol. The predicted molar refractivity (Wildman–Crippen MR) is 68.4 cm³/mol. The Morgan fingerprint density at radius 3 is 2.58 bits per heavy atom. The molecule has 2 aromatic rings. The first-order chi connectivity index (χ1) is 9.00. The zero-order chi connectivity index (χ0) is 14.0. The van der Waals surface area contributed by atoms with E-state index in [-0.39, 0.29) is 12.1 Å². The summed E-state index contributed by atoms with van der Waals surface area (Å²) in [5, 5.41) is 9.07. The number of carbonyl (C=O) groups is 1. The number of aromatic carboxylic acids is 1. The summed E-state index contributed by atoms with van der Waals surface area (Å²) < 4.78 is 2.27. The van der Waals surface area contributed by atoms with E-state index in [1.807, 2.05) is 0 Å². The van der Waals surface area contributed by atoms with Crippen molar-refractivity contribution in [2.75, 3.05) is 0 Å². The van der Waals surface area contributed by atoms with Crippen molar-refractivity contribution in [1.29, 1.82) is 0 Å². The number of carboxylic acid groups (broad SMARTS) is 1. The Morgan fingerprint density at radius 2 is 1.89 bits per heavy atom. The minimum absolute atomic E-state index is 0.0607. The zero-order valence-corrected chi connectivity index (χ0v) is 10.2. The van der Waals surface area contributed by atoms with Crippen LogP contribution in [0.1, 0.15) is 15.9 Å². The molecule has 0 aliphatic carbocycles. The second-order valence-corrected chi connectivity index (χ2v) is 4.10. The molecule has 0 fully saturated rings. The van der Waals surface area contributed by atoms with Gasteiger partial charge in [-0.3, -0.25) is 9.36 Å². The maximum Gasteiger partial charge on any atom is 0.336 e. The lowest BCUT2D eigenvalue weighted by atomic mass is 10.1. The quantitative estimate of drug-likeness (QED) is 0.860. The maximum absolute atomic E-state index is 11.9. The fourth-order valence-corrected chi connectivity index (χ4v) is 1.80. The van der Waals surface area contributed by atoms with Gasteiger partial charge in [0.25, 0.3) is 5.56 Å². The molecule has 1 heterocycles. The van der Waals surface area contributed by atoms with E-state index in [1.165, 1.54) is 29.9 Å². The zero-order valence-electron chi connectivity index (χ0n) is 10.2. The molecule has 2 rings (SSSR count). The van der Waals surface area contributed by atoms with E-state index in [0.29, 0.717) is 5.56 Å². The van der Waals surface area contributed by atoms with Gasteiger partial charge in [0.15, 0.2) is 0 Å². The fraction of sp³-hybridized carbons (Fsp3) is 0.154. The summed E-state index contributed by atoms with van der Waals surface area (Å²) >= 11 is 0. The van der Waals surface area contributed by atoms with Crippen LogP contribution in [0.3, 0.4) is 0 Å². The molecular formula is C13H12N2O4. The summed E-state index contributed by atoms with van der Waals surface area (Å²) in [5.41, 5.74) is -0.434. The Bertz CT molecular complexity index is 743. The first-order valence-corrected chi connectivity index (χ1v) is 5.58. The largest absolute Gasteiger partial charge is 0.478 e. The van der Waals surface area contributed by atoms with E-state index in [4.69, 9.17) is 5.11 Å². The first-order valence-electron chi connectivity index (χ1n) is 5.58. The fourth-order valence-electron chi connectivity index (χ4n) is 1.80. The van der Waals surface area contributed by atoms with Gasteiger partial charge in [-0.05, 0) is 11.6 Å². The minimum Gasteiger partial charge on any atom is -0.478 e. The lowest BCUT2D eigenvalue weighted by Gasteiger charge is -2.08. The van der Waals surface area contributed by atoms with Crippen molar-refractivity contribution >= 4 is 5.97 Å². The molecule has 0 unspecified atom stereocenters. The molecule has 0 aliphatic heterocycles. The highest BCUT2D eigenvalue weighted by molar-refractivity contribution is 5.89. The highest BCUT2D eigenvalue weighted by atomic mass is 16.4. The molecule has 19 heavy (non-hydrogen) atoms. The van der Waals surface area contributed by atoms with Gasteiger partial charge in [-0.2, -0.15) is 0 Å². The SMILES string of the molecule is Cn1ccc(=O)n(Cc2ccccc2C(=O)O)c1=O. The number of hydrogen-bond acceptors (Lipinski definition) is 3. The molecule has 0 spiro atoms. The van der Waals surface area contributed by atoms with E-state index < -0.39 is 17.2 Å². The molecule has 6 nitrogen and oxygen atoms in total. The van der Waals surface area contributed by atoms with E-state index in [0.717, 1.165) is 4.57 Å². The topological polar surface area (TPSA) is 81.3 Å². The van der Waals surface area contributed by atoms with Crippen molar-refractivity contribution in [3.05, 3.63) is 68.5 Å². The normalized spacial score (nSPS) is 10.4. The van der Waals surface area contributed by atoms with Crippen molar-refractivity contribution < 1.29 is 9.90 Å². The molecule has 6 heteroatoms. The molecule has 0 atom stereocenters. The molecule has 1 N–H and O–H groups in total. The Kier molecular flexibility index (Phi) is 3.33. The Hall–Kier alpha value is -2.63. The molecule has 0 amide bonds. The number of hydrogen-bond donors (Lipinski definition) is 1. The average Bonchev–Trinajstić information content (AvgIpc) is 2.39. The van der Waals surface area contributed by atoms with Gasteiger partial charge in [0, 0.05) is 19.3 Å². The van der Waals surface area contributed by atoms with Gasteiger partial charge in [-0.1, -0.05) is 18.2 Å². The van der Waals surface area contributed by atoms with Gasteiger partial charge < -0.3 is 9.67 Å². The van der Waals surface area contributed by atoms with E-state index in [1.54, 1.807) is 18.2 Å². The molecule has 0 saturated heterocycles. The van der Waals surface area contributed by atoms with Gasteiger partial charge in [-0.25, -0.2) is 9.59 Å². The lowest BCUT2D eigenvalue weighted by molar-refractivity contribution is 0.0695.